The van der Waals surface area contributed by atoms with Crippen LogP contribution in [-0.2, 0) is 21.9 Å². The number of amides is 1. The number of rotatable bonds is 5. The minimum absolute atomic E-state index is 0.132. The Hall–Kier alpha value is -4.42. The third-order valence-corrected chi connectivity index (χ3v) is 5.68. The van der Waals surface area contributed by atoms with Crippen LogP contribution >= 0.6 is 0 Å². The number of nitrogens with one attached hydrogen (secondary N) is 1. The fourth-order valence-electron chi connectivity index (χ4n) is 3.95. The highest BCUT2D eigenvalue weighted by Crippen LogP contribution is 2.43. The van der Waals surface area contributed by atoms with E-state index in [-0.39, 0.29) is 11.4 Å². The molecule has 1 aliphatic heterocycles. The van der Waals surface area contributed by atoms with Crippen LogP contribution in [-0.4, -0.2) is 17.0 Å². The number of hydrogen-bond acceptors (Lipinski definition) is 3. The highest BCUT2D eigenvalue weighted by atomic mass is 19.4. The second-order valence-corrected chi connectivity index (χ2v) is 8.08. The summed E-state index contributed by atoms with van der Waals surface area (Å²) in [7, 11) is 0. The van der Waals surface area contributed by atoms with Gasteiger partial charge in [0.1, 0.15) is 17.3 Å². The summed E-state index contributed by atoms with van der Waals surface area (Å²) in [6, 6.07) is 6.54. The molecule has 0 saturated carbocycles. The molecule has 198 valence electrons. The molecule has 0 fully saturated rings. The van der Waals surface area contributed by atoms with Crippen molar-refractivity contribution >= 4 is 23.3 Å². The number of carbonyl (C=O) groups is 2. The van der Waals surface area contributed by atoms with E-state index in [0.717, 1.165) is 36.4 Å². The Balaban J connectivity index is 1.85. The molecule has 5 nitrogen and oxygen atoms in total. The van der Waals surface area contributed by atoms with Gasteiger partial charge < -0.3 is 10.4 Å². The lowest BCUT2D eigenvalue weighted by atomic mass is 9.97. The Morgan fingerprint density at radius 1 is 0.816 bits per heavy atom. The number of aliphatic carboxylic acids is 1. The third-order valence-electron chi connectivity index (χ3n) is 5.68. The minimum atomic E-state index is -4.73. The number of halogens is 8. The van der Waals surface area contributed by atoms with Crippen molar-refractivity contribution in [3.8, 4) is 0 Å². The molecule has 0 aliphatic carbocycles. The fraction of sp³-hybridized carbons (Fsp3) is 0.120. The van der Waals surface area contributed by atoms with E-state index in [1.54, 1.807) is 0 Å². The van der Waals surface area contributed by atoms with E-state index < -0.39 is 69.9 Å². The van der Waals surface area contributed by atoms with Crippen LogP contribution in [0.25, 0.3) is 0 Å². The molecule has 1 aliphatic rings. The van der Waals surface area contributed by atoms with Gasteiger partial charge in [0.15, 0.2) is 0 Å². The topological polar surface area (TPSA) is 69.6 Å². The first kappa shape index (κ1) is 26.6. The van der Waals surface area contributed by atoms with E-state index in [1.165, 1.54) is 0 Å². The molecule has 2 N–H and O–H groups in total. The highest BCUT2D eigenvalue weighted by Gasteiger charge is 2.46. The van der Waals surface area contributed by atoms with E-state index in [2.05, 4.69) is 5.32 Å². The van der Waals surface area contributed by atoms with Crippen LogP contribution in [0, 0.1) is 11.6 Å². The van der Waals surface area contributed by atoms with Crippen molar-refractivity contribution in [1.82, 2.24) is 0 Å². The van der Waals surface area contributed by atoms with Gasteiger partial charge in [-0.2, -0.15) is 26.3 Å². The molecule has 38 heavy (non-hydrogen) atoms. The van der Waals surface area contributed by atoms with E-state index in [9.17, 15) is 49.8 Å². The third kappa shape index (κ3) is 5.04. The lowest BCUT2D eigenvalue weighted by molar-refractivity contribution is -0.138. The molecule has 1 unspecified atom stereocenters. The van der Waals surface area contributed by atoms with Crippen LogP contribution in [0.1, 0.15) is 22.7 Å². The zero-order chi connectivity index (χ0) is 28.0. The predicted molar refractivity (Wildman–Crippen MR) is 118 cm³/mol. The molecule has 0 radical (unpaired) electrons. The normalized spacial score (nSPS) is 16.3. The van der Waals surface area contributed by atoms with Crippen LogP contribution in [0.15, 0.2) is 78.0 Å². The number of hydrogen-bond donors (Lipinski definition) is 2. The molecule has 1 amide bonds. The number of benzene rings is 3. The van der Waals surface area contributed by atoms with Crippen molar-refractivity contribution in [2.75, 3.05) is 10.2 Å². The molecule has 4 rings (SSSR count). The smallest absolute Gasteiger partial charge is 0.416 e. The van der Waals surface area contributed by atoms with E-state index in [4.69, 9.17) is 0 Å². The first-order valence-corrected chi connectivity index (χ1v) is 10.6. The van der Waals surface area contributed by atoms with E-state index in [0.29, 0.717) is 35.2 Å². The molecule has 0 aromatic heterocycles. The van der Waals surface area contributed by atoms with Crippen molar-refractivity contribution in [1.29, 1.82) is 0 Å². The summed E-state index contributed by atoms with van der Waals surface area (Å²) in [5.41, 5.74) is -4.40. The van der Waals surface area contributed by atoms with Crippen LogP contribution < -0.4 is 10.2 Å². The maximum atomic E-state index is 14.8. The maximum absolute atomic E-state index is 14.8. The zero-order valence-corrected chi connectivity index (χ0v) is 18.7. The quantitative estimate of drug-likeness (QED) is 0.360. The lowest BCUT2D eigenvalue weighted by Gasteiger charge is -2.27. The van der Waals surface area contributed by atoms with Crippen LogP contribution in [0.4, 0.5) is 46.5 Å². The van der Waals surface area contributed by atoms with Crippen molar-refractivity contribution < 1.29 is 49.8 Å². The second kappa shape index (κ2) is 9.47. The first-order chi connectivity index (χ1) is 17.7. The summed E-state index contributed by atoms with van der Waals surface area (Å²) in [6.07, 6.45) is -9.40. The van der Waals surface area contributed by atoms with Gasteiger partial charge >= 0.3 is 18.3 Å². The Labute approximate surface area is 208 Å². The molecule has 1 atom stereocenters. The van der Waals surface area contributed by atoms with Crippen molar-refractivity contribution in [2.24, 2.45) is 0 Å². The number of nitrogens with zero attached hydrogens (tertiary/aromatic N) is 1. The number of carbonyl (C=O) groups excluding carboxylic acids is 1. The number of anilines is 2. The van der Waals surface area contributed by atoms with Gasteiger partial charge in [-0.3, -0.25) is 9.69 Å². The molecular weight excluding hydrogens is 528 g/mol. The monoisotopic (exact) mass is 542 g/mol. The van der Waals surface area contributed by atoms with Crippen LogP contribution in [0.5, 0.6) is 0 Å². The first-order valence-electron chi connectivity index (χ1n) is 10.6. The average Bonchev–Trinajstić information content (AvgIpc) is 3.10. The van der Waals surface area contributed by atoms with Crippen molar-refractivity contribution in [2.45, 2.75) is 18.4 Å². The summed E-state index contributed by atoms with van der Waals surface area (Å²) in [5.74, 6) is -5.12. The molecule has 3 aromatic carbocycles. The van der Waals surface area contributed by atoms with Gasteiger partial charge in [-0.15, -0.1) is 0 Å². The molecule has 13 heteroatoms. The van der Waals surface area contributed by atoms with Crippen LogP contribution in [0.3, 0.4) is 0 Å². The maximum Gasteiger partial charge on any atom is 0.416 e. The van der Waals surface area contributed by atoms with Gasteiger partial charge in [0.05, 0.1) is 22.7 Å². The standard InChI is InChI=1S/C25H14F8N2O3/c26-14-5-10-17(18(27)11-14)21-19(23(37)38)20(34-15-6-1-12(2-7-15)24(28,29)30)22(36)35(21)16-8-3-13(4-9-16)25(31,32)33/h1-11,21,34H,(H,37,38). The predicted octanol–water partition coefficient (Wildman–Crippen LogP) is 6.54. The molecule has 0 saturated heterocycles. The SMILES string of the molecule is O=C(O)C1=C(Nc2ccc(C(F)(F)F)cc2)C(=O)N(c2ccc(C(F)(F)F)cc2)C1c1ccc(F)cc1F. The number of alkyl halides is 6. The molecule has 3 aromatic rings. The van der Waals surface area contributed by atoms with Crippen LogP contribution in [0.2, 0.25) is 0 Å². The Morgan fingerprint density at radius 2 is 1.34 bits per heavy atom. The average molecular weight is 542 g/mol. The van der Waals surface area contributed by atoms with Gasteiger partial charge in [0.2, 0.25) is 0 Å². The van der Waals surface area contributed by atoms with Gasteiger partial charge in [-0.25, -0.2) is 13.6 Å². The largest absolute Gasteiger partial charge is 0.478 e. The number of carboxylic acids is 1. The molecule has 0 bridgehead atoms. The number of carboxylic acid groups (broad SMARTS) is 1. The summed E-state index contributed by atoms with van der Waals surface area (Å²) < 4.78 is 106. The molecule has 1 heterocycles. The lowest BCUT2D eigenvalue weighted by Crippen LogP contribution is -2.32. The fourth-order valence-corrected chi connectivity index (χ4v) is 3.95. The molecular formula is C25H14F8N2O3. The summed E-state index contributed by atoms with van der Waals surface area (Å²) in [6.45, 7) is 0. The van der Waals surface area contributed by atoms with Gasteiger partial charge in [-0.05, 0) is 54.6 Å². The van der Waals surface area contributed by atoms with Crippen molar-refractivity contribution in [3.63, 3.8) is 0 Å². The molecule has 0 spiro atoms. The summed E-state index contributed by atoms with van der Waals surface area (Å²) in [5, 5.41) is 12.4. The Kier molecular flexibility index (Phi) is 6.64. The van der Waals surface area contributed by atoms with Crippen molar-refractivity contribution in [3.05, 3.63) is 106 Å². The summed E-state index contributed by atoms with van der Waals surface area (Å²) >= 11 is 0. The zero-order valence-electron chi connectivity index (χ0n) is 18.7. The van der Waals surface area contributed by atoms with Gasteiger partial charge in [-0.1, -0.05) is 6.07 Å². The highest BCUT2D eigenvalue weighted by molar-refractivity contribution is 6.17. The van der Waals surface area contributed by atoms with Gasteiger partial charge in [0.25, 0.3) is 5.91 Å². The van der Waals surface area contributed by atoms with Gasteiger partial charge in [0, 0.05) is 23.0 Å². The Morgan fingerprint density at radius 3 is 1.82 bits per heavy atom. The van der Waals surface area contributed by atoms with E-state index >= 15 is 0 Å². The second-order valence-electron chi connectivity index (χ2n) is 8.08. The Bertz CT molecular complexity index is 1430. The minimum Gasteiger partial charge on any atom is -0.478 e. The summed E-state index contributed by atoms with van der Waals surface area (Å²) in [4.78, 5) is 26.4. The van der Waals surface area contributed by atoms with E-state index in [1.807, 2.05) is 0 Å².